The molecule has 6 nitrogen and oxygen atoms in total. The number of nitrogens with one attached hydrogen (secondary N) is 2. The number of urea groups is 1. The molecule has 0 unspecified atom stereocenters. The Bertz CT molecular complexity index is 668. The van der Waals surface area contributed by atoms with Gasteiger partial charge in [0.05, 0.1) is 12.1 Å². The summed E-state index contributed by atoms with van der Waals surface area (Å²) in [6.45, 7) is 0.111. The first-order valence-electron chi connectivity index (χ1n) is 7.84. The van der Waals surface area contributed by atoms with Gasteiger partial charge in [0.1, 0.15) is 5.82 Å². The molecule has 1 aromatic heterocycles. The highest BCUT2D eigenvalue weighted by atomic mass is 19.1. The lowest BCUT2D eigenvalue weighted by Gasteiger charge is -2.22. The second kappa shape index (κ2) is 7.21. The summed E-state index contributed by atoms with van der Waals surface area (Å²) in [6.07, 6.45) is 5.58. The number of nitrogens with zero attached hydrogens (tertiary/aromatic N) is 2. The molecule has 0 aliphatic heterocycles. The van der Waals surface area contributed by atoms with Gasteiger partial charge in [0.15, 0.2) is 0 Å². The van der Waals surface area contributed by atoms with E-state index in [2.05, 4.69) is 20.8 Å². The monoisotopic (exact) mass is 318 g/mol. The molecule has 1 aliphatic carbocycles. The minimum atomic E-state index is -0.425. The Balaban J connectivity index is 1.53. The lowest BCUT2D eigenvalue weighted by molar-refractivity contribution is 0.231. The molecule has 0 bridgehead atoms. The van der Waals surface area contributed by atoms with Gasteiger partial charge in [-0.15, -0.1) is 10.2 Å². The van der Waals surface area contributed by atoms with E-state index in [1.54, 1.807) is 18.2 Å². The van der Waals surface area contributed by atoms with E-state index in [1.807, 2.05) is 0 Å². The number of carbonyl (C=O) groups excluding carboxylic acids is 1. The van der Waals surface area contributed by atoms with Crippen molar-refractivity contribution in [3.05, 3.63) is 36.0 Å². The third-order valence-corrected chi connectivity index (χ3v) is 3.91. The Morgan fingerprint density at radius 2 is 2.00 bits per heavy atom. The summed E-state index contributed by atoms with van der Waals surface area (Å²) in [4.78, 5) is 11.8. The van der Waals surface area contributed by atoms with Crippen molar-refractivity contribution in [1.82, 2.24) is 20.8 Å². The van der Waals surface area contributed by atoms with Crippen LogP contribution in [0.1, 0.15) is 38.0 Å². The topological polar surface area (TPSA) is 80.1 Å². The van der Waals surface area contributed by atoms with E-state index in [0.29, 0.717) is 0 Å². The van der Waals surface area contributed by atoms with Gasteiger partial charge in [0, 0.05) is 6.04 Å². The van der Waals surface area contributed by atoms with E-state index in [1.165, 1.54) is 12.5 Å². The number of benzene rings is 1. The van der Waals surface area contributed by atoms with Crippen molar-refractivity contribution in [3.63, 3.8) is 0 Å². The van der Waals surface area contributed by atoms with E-state index in [0.717, 1.165) is 25.7 Å². The molecule has 2 N–H and O–H groups in total. The molecule has 122 valence electrons. The van der Waals surface area contributed by atoms with Gasteiger partial charge in [-0.3, -0.25) is 0 Å². The van der Waals surface area contributed by atoms with Crippen LogP contribution in [0.2, 0.25) is 0 Å². The molecular weight excluding hydrogens is 299 g/mol. The van der Waals surface area contributed by atoms with Crippen LogP contribution in [-0.2, 0) is 6.54 Å². The second-order valence-electron chi connectivity index (χ2n) is 5.64. The van der Waals surface area contributed by atoms with Crippen molar-refractivity contribution in [2.24, 2.45) is 0 Å². The Morgan fingerprint density at radius 3 is 2.78 bits per heavy atom. The molecule has 1 heterocycles. The maximum absolute atomic E-state index is 13.7. The second-order valence-corrected chi connectivity index (χ2v) is 5.64. The summed E-state index contributed by atoms with van der Waals surface area (Å²) in [5, 5.41) is 13.3. The lowest BCUT2D eigenvalue weighted by atomic mass is 9.96. The van der Waals surface area contributed by atoms with Crippen LogP contribution in [0.3, 0.4) is 0 Å². The summed E-state index contributed by atoms with van der Waals surface area (Å²) in [5.41, 5.74) is 0.248. The highest BCUT2D eigenvalue weighted by Crippen LogP contribution is 2.21. The molecule has 2 amide bonds. The average molecular weight is 318 g/mol. The molecular formula is C16H19FN4O2. The fourth-order valence-corrected chi connectivity index (χ4v) is 2.71. The SMILES string of the molecule is O=C(NCc1nnc(-c2ccccc2F)o1)NC1CCCCC1. The number of hydrogen-bond acceptors (Lipinski definition) is 4. The molecule has 7 heteroatoms. The minimum absolute atomic E-state index is 0.104. The van der Waals surface area contributed by atoms with Gasteiger partial charge >= 0.3 is 6.03 Å². The molecule has 1 saturated carbocycles. The summed E-state index contributed by atoms with van der Waals surface area (Å²) < 4.78 is 19.0. The van der Waals surface area contributed by atoms with Crippen molar-refractivity contribution in [3.8, 4) is 11.5 Å². The Kier molecular flexibility index (Phi) is 4.85. The van der Waals surface area contributed by atoms with E-state index < -0.39 is 5.82 Å². The van der Waals surface area contributed by atoms with Crippen LogP contribution in [0.15, 0.2) is 28.7 Å². The van der Waals surface area contributed by atoms with Crippen molar-refractivity contribution in [2.75, 3.05) is 0 Å². The molecule has 1 aromatic carbocycles. The number of halogens is 1. The Morgan fingerprint density at radius 1 is 1.22 bits per heavy atom. The first-order chi connectivity index (χ1) is 11.2. The smallest absolute Gasteiger partial charge is 0.315 e. The van der Waals surface area contributed by atoms with E-state index in [-0.39, 0.29) is 36.0 Å². The third-order valence-electron chi connectivity index (χ3n) is 3.91. The predicted octanol–water partition coefficient (Wildman–Crippen LogP) is 3.01. The van der Waals surface area contributed by atoms with Crippen LogP contribution in [0.4, 0.5) is 9.18 Å². The Labute approximate surface area is 133 Å². The average Bonchev–Trinajstić information content (AvgIpc) is 3.03. The van der Waals surface area contributed by atoms with E-state index in [4.69, 9.17) is 4.42 Å². The number of aromatic nitrogens is 2. The molecule has 0 radical (unpaired) electrons. The summed E-state index contributed by atoms with van der Waals surface area (Å²) in [6, 6.07) is 6.17. The van der Waals surface area contributed by atoms with Gasteiger partial charge < -0.3 is 15.1 Å². The maximum atomic E-state index is 13.7. The summed E-state index contributed by atoms with van der Waals surface area (Å²) in [7, 11) is 0. The fourth-order valence-electron chi connectivity index (χ4n) is 2.71. The van der Waals surface area contributed by atoms with Gasteiger partial charge in [0.2, 0.25) is 5.89 Å². The maximum Gasteiger partial charge on any atom is 0.315 e. The molecule has 0 spiro atoms. The molecule has 0 atom stereocenters. The molecule has 3 rings (SSSR count). The van der Waals surface area contributed by atoms with Crippen LogP contribution >= 0.6 is 0 Å². The fraction of sp³-hybridized carbons (Fsp3) is 0.438. The highest BCUT2D eigenvalue weighted by molar-refractivity contribution is 5.74. The van der Waals surface area contributed by atoms with Crippen LogP contribution in [-0.4, -0.2) is 22.3 Å². The van der Waals surface area contributed by atoms with Crippen molar-refractivity contribution in [2.45, 2.75) is 44.7 Å². The number of amides is 2. The molecule has 1 aliphatic rings. The third kappa shape index (κ3) is 4.06. The molecule has 23 heavy (non-hydrogen) atoms. The largest absolute Gasteiger partial charge is 0.419 e. The number of carbonyl (C=O) groups is 1. The van der Waals surface area contributed by atoms with Crippen LogP contribution in [0.5, 0.6) is 0 Å². The molecule has 1 fully saturated rings. The highest BCUT2D eigenvalue weighted by Gasteiger charge is 2.16. The zero-order valence-corrected chi connectivity index (χ0v) is 12.7. The Hall–Kier alpha value is -2.44. The van der Waals surface area contributed by atoms with Crippen molar-refractivity contribution >= 4 is 6.03 Å². The minimum Gasteiger partial charge on any atom is -0.419 e. The van der Waals surface area contributed by atoms with Gasteiger partial charge in [-0.05, 0) is 25.0 Å². The normalized spacial score (nSPS) is 15.3. The van der Waals surface area contributed by atoms with Gasteiger partial charge in [-0.1, -0.05) is 31.4 Å². The van der Waals surface area contributed by atoms with Crippen LogP contribution < -0.4 is 10.6 Å². The standard InChI is InChI=1S/C16H19FN4O2/c17-13-9-5-4-8-12(13)15-21-20-14(23-15)10-18-16(22)19-11-6-2-1-3-7-11/h4-5,8-9,11H,1-3,6-7,10H2,(H2,18,19,22). The number of rotatable bonds is 4. The van der Waals surface area contributed by atoms with Gasteiger partial charge in [0.25, 0.3) is 5.89 Å². The van der Waals surface area contributed by atoms with E-state index >= 15 is 0 Å². The molecule has 0 saturated heterocycles. The first kappa shape index (κ1) is 15.5. The van der Waals surface area contributed by atoms with Crippen LogP contribution in [0.25, 0.3) is 11.5 Å². The quantitative estimate of drug-likeness (QED) is 0.908. The van der Waals surface area contributed by atoms with Gasteiger partial charge in [-0.25, -0.2) is 9.18 Å². The zero-order valence-electron chi connectivity index (χ0n) is 12.7. The van der Waals surface area contributed by atoms with Gasteiger partial charge in [-0.2, -0.15) is 0 Å². The zero-order chi connectivity index (χ0) is 16.1. The summed E-state index contributed by atoms with van der Waals surface area (Å²) >= 11 is 0. The van der Waals surface area contributed by atoms with Crippen molar-refractivity contribution in [1.29, 1.82) is 0 Å². The predicted molar refractivity (Wildman–Crippen MR) is 81.9 cm³/mol. The lowest BCUT2D eigenvalue weighted by Crippen LogP contribution is -2.42. The first-order valence-corrected chi connectivity index (χ1v) is 7.84. The van der Waals surface area contributed by atoms with E-state index in [9.17, 15) is 9.18 Å². The number of hydrogen-bond donors (Lipinski definition) is 2. The molecule has 2 aromatic rings. The summed E-state index contributed by atoms with van der Waals surface area (Å²) in [5.74, 6) is -0.0830. The van der Waals surface area contributed by atoms with Crippen LogP contribution in [0, 0.1) is 5.82 Å². The van der Waals surface area contributed by atoms with Crippen molar-refractivity contribution < 1.29 is 13.6 Å².